The Morgan fingerprint density at radius 2 is 1.42 bits per heavy atom. The van der Waals surface area contributed by atoms with Gasteiger partial charge in [-0.2, -0.15) is 0 Å². The molecule has 3 aromatic carbocycles. The van der Waals surface area contributed by atoms with Gasteiger partial charge in [0.05, 0.1) is 11.9 Å². The fourth-order valence-electron chi connectivity index (χ4n) is 4.03. The molecule has 0 radical (unpaired) electrons. The summed E-state index contributed by atoms with van der Waals surface area (Å²) in [5.41, 5.74) is 6.27. The number of benzene rings is 3. The van der Waals surface area contributed by atoms with Crippen LogP contribution in [0, 0.1) is 0 Å². The van der Waals surface area contributed by atoms with E-state index in [4.69, 9.17) is 0 Å². The molecule has 198 valence electrons. The van der Waals surface area contributed by atoms with Gasteiger partial charge in [-0.3, -0.25) is 4.79 Å². The largest absolute Gasteiger partial charge is 0.480 e. The summed E-state index contributed by atoms with van der Waals surface area (Å²) in [4.78, 5) is 12.9. The number of carboxylic acid groups (broad SMARTS) is 1. The van der Waals surface area contributed by atoms with E-state index in [1.165, 1.54) is 23.1 Å². The van der Waals surface area contributed by atoms with Crippen molar-refractivity contribution in [1.82, 2.24) is 19.7 Å². The van der Waals surface area contributed by atoms with Gasteiger partial charge in [0.2, 0.25) is 0 Å². The number of aromatic nitrogens is 3. The van der Waals surface area contributed by atoms with Crippen molar-refractivity contribution in [2.24, 2.45) is 0 Å². The molecular formula is C31H36N4O2S. The van der Waals surface area contributed by atoms with Gasteiger partial charge < -0.3 is 5.11 Å². The van der Waals surface area contributed by atoms with Crippen molar-refractivity contribution in [3.8, 4) is 16.9 Å². The molecule has 0 bridgehead atoms. The third-order valence-corrected chi connectivity index (χ3v) is 7.43. The van der Waals surface area contributed by atoms with Gasteiger partial charge in [0, 0.05) is 10.5 Å². The molecule has 6 nitrogen and oxygen atoms in total. The molecule has 0 spiro atoms. The van der Waals surface area contributed by atoms with Crippen molar-refractivity contribution >= 4 is 17.9 Å². The molecule has 1 heterocycles. The van der Waals surface area contributed by atoms with Gasteiger partial charge in [-0.1, -0.05) is 95.3 Å². The van der Waals surface area contributed by atoms with Crippen LogP contribution in [0.2, 0.25) is 0 Å². The van der Waals surface area contributed by atoms with E-state index >= 15 is 0 Å². The minimum Gasteiger partial charge on any atom is -0.480 e. The number of carbonyl (C=O) groups is 1. The molecule has 38 heavy (non-hydrogen) atoms. The van der Waals surface area contributed by atoms with Crippen LogP contribution in [0.15, 0.2) is 83.9 Å². The zero-order valence-corrected chi connectivity index (χ0v) is 23.7. The van der Waals surface area contributed by atoms with Crippen molar-refractivity contribution in [2.75, 3.05) is 0 Å². The monoisotopic (exact) mass is 528 g/mol. The molecule has 0 amide bonds. The summed E-state index contributed by atoms with van der Waals surface area (Å²) in [6.45, 7) is 13.1. The van der Waals surface area contributed by atoms with Gasteiger partial charge in [-0.15, -0.1) is 5.10 Å². The van der Waals surface area contributed by atoms with Crippen molar-refractivity contribution in [1.29, 1.82) is 0 Å². The second-order valence-electron chi connectivity index (χ2n) is 11.6. The number of hydrogen-bond donors (Lipinski definition) is 2. The molecule has 7 heteroatoms. The standard InChI is InChI=1S/C31H36N4O2S/c1-30(2,3)23-11-15-25(16-12-23)35-20-28(32-34-35)22-9-7-21(8-10-22)19-27(29(36)37)33-38-26-17-13-24(14-18-26)31(4,5)6/h7-18,20,27,33H,19H2,1-6H3,(H,36,37). The predicted molar refractivity (Wildman–Crippen MR) is 155 cm³/mol. The lowest BCUT2D eigenvalue weighted by Gasteiger charge is -2.19. The summed E-state index contributed by atoms with van der Waals surface area (Å²) >= 11 is 1.35. The maximum absolute atomic E-state index is 11.9. The Labute approximate surface area is 229 Å². The third kappa shape index (κ3) is 6.91. The number of rotatable bonds is 8. The molecule has 0 saturated heterocycles. The van der Waals surface area contributed by atoms with Crippen LogP contribution in [0.25, 0.3) is 16.9 Å². The molecule has 0 aliphatic rings. The Bertz CT molecular complexity index is 1360. The number of nitrogens with one attached hydrogen (secondary N) is 1. The SMILES string of the molecule is CC(C)(C)c1ccc(SNC(Cc2ccc(-c3cn(-c4ccc(C(C)(C)C)cc4)nn3)cc2)C(=O)O)cc1. The number of aliphatic carboxylic acids is 1. The molecule has 1 aromatic heterocycles. The maximum Gasteiger partial charge on any atom is 0.321 e. The molecule has 1 unspecified atom stereocenters. The van der Waals surface area contributed by atoms with Crippen LogP contribution in [0.3, 0.4) is 0 Å². The fraction of sp³-hybridized carbons (Fsp3) is 0.323. The van der Waals surface area contributed by atoms with Gasteiger partial charge in [-0.05, 0) is 70.2 Å². The van der Waals surface area contributed by atoms with E-state index in [2.05, 4.69) is 93.0 Å². The predicted octanol–water partition coefficient (Wildman–Crippen LogP) is 6.82. The van der Waals surface area contributed by atoms with E-state index in [1.54, 1.807) is 4.68 Å². The second kappa shape index (κ2) is 11.1. The van der Waals surface area contributed by atoms with Crippen LogP contribution in [0.1, 0.15) is 58.2 Å². The van der Waals surface area contributed by atoms with Crippen LogP contribution in [-0.2, 0) is 22.0 Å². The van der Waals surface area contributed by atoms with Crippen molar-refractivity contribution in [2.45, 2.75) is 69.7 Å². The molecule has 0 fully saturated rings. The number of hydrogen-bond acceptors (Lipinski definition) is 5. The van der Waals surface area contributed by atoms with Crippen LogP contribution < -0.4 is 4.72 Å². The zero-order chi connectivity index (χ0) is 27.5. The lowest BCUT2D eigenvalue weighted by molar-refractivity contribution is -0.138. The summed E-state index contributed by atoms with van der Waals surface area (Å²) in [5, 5.41) is 18.4. The Kier molecular flexibility index (Phi) is 8.09. The van der Waals surface area contributed by atoms with Gasteiger partial charge in [0.15, 0.2) is 0 Å². The van der Waals surface area contributed by atoms with Gasteiger partial charge in [-0.25, -0.2) is 9.40 Å². The van der Waals surface area contributed by atoms with E-state index in [9.17, 15) is 9.90 Å². The third-order valence-electron chi connectivity index (χ3n) is 6.52. The van der Waals surface area contributed by atoms with Crippen LogP contribution >= 0.6 is 11.9 Å². The highest BCUT2D eigenvalue weighted by molar-refractivity contribution is 7.97. The minimum absolute atomic E-state index is 0.0816. The molecule has 0 aliphatic carbocycles. The van der Waals surface area contributed by atoms with Crippen LogP contribution in [-0.4, -0.2) is 32.1 Å². The first kappa shape index (κ1) is 27.6. The smallest absolute Gasteiger partial charge is 0.321 e. The highest BCUT2D eigenvalue weighted by Gasteiger charge is 2.19. The van der Waals surface area contributed by atoms with E-state index in [1.807, 2.05) is 42.6 Å². The van der Waals surface area contributed by atoms with E-state index < -0.39 is 12.0 Å². The van der Waals surface area contributed by atoms with Crippen LogP contribution in [0.5, 0.6) is 0 Å². The van der Waals surface area contributed by atoms with Gasteiger partial charge >= 0.3 is 5.97 Å². The first-order valence-electron chi connectivity index (χ1n) is 12.8. The Morgan fingerprint density at radius 3 is 1.95 bits per heavy atom. The summed E-state index contributed by atoms with van der Waals surface area (Å²) in [5.74, 6) is -0.881. The normalized spacial score (nSPS) is 12.9. The summed E-state index contributed by atoms with van der Waals surface area (Å²) < 4.78 is 4.88. The Hall–Kier alpha value is -3.42. The maximum atomic E-state index is 11.9. The molecular weight excluding hydrogens is 492 g/mol. The van der Waals surface area contributed by atoms with Crippen molar-refractivity contribution in [3.05, 3.63) is 95.7 Å². The van der Waals surface area contributed by atoms with Crippen molar-refractivity contribution < 1.29 is 9.90 Å². The topological polar surface area (TPSA) is 80.0 Å². The lowest BCUT2D eigenvalue weighted by atomic mass is 9.87. The molecule has 1 atom stereocenters. The van der Waals surface area contributed by atoms with E-state index in [0.29, 0.717) is 6.42 Å². The summed E-state index contributed by atoms with van der Waals surface area (Å²) in [6.07, 6.45) is 2.28. The number of carboxylic acids is 1. The summed E-state index contributed by atoms with van der Waals surface area (Å²) in [6, 6.07) is 23.7. The first-order valence-corrected chi connectivity index (χ1v) is 13.6. The van der Waals surface area contributed by atoms with E-state index in [-0.39, 0.29) is 10.8 Å². The Morgan fingerprint density at radius 1 is 0.868 bits per heavy atom. The van der Waals surface area contributed by atoms with E-state index in [0.717, 1.165) is 27.4 Å². The zero-order valence-electron chi connectivity index (χ0n) is 22.9. The highest BCUT2D eigenvalue weighted by Crippen LogP contribution is 2.26. The Balaban J connectivity index is 1.39. The number of nitrogens with zero attached hydrogens (tertiary/aromatic N) is 3. The van der Waals surface area contributed by atoms with Crippen molar-refractivity contribution in [3.63, 3.8) is 0 Å². The molecule has 0 saturated carbocycles. The second-order valence-corrected chi connectivity index (χ2v) is 12.5. The average molecular weight is 529 g/mol. The molecule has 0 aliphatic heterocycles. The first-order chi connectivity index (χ1) is 17.9. The van der Waals surface area contributed by atoms with Gasteiger partial charge in [0.1, 0.15) is 11.7 Å². The molecule has 4 aromatic rings. The average Bonchev–Trinajstić information content (AvgIpc) is 3.36. The highest BCUT2D eigenvalue weighted by atomic mass is 32.2. The minimum atomic E-state index is -0.881. The quantitative estimate of drug-likeness (QED) is 0.244. The lowest BCUT2D eigenvalue weighted by Crippen LogP contribution is -2.34. The van der Waals surface area contributed by atoms with Gasteiger partial charge in [0.25, 0.3) is 0 Å². The molecule has 2 N–H and O–H groups in total. The fourth-order valence-corrected chi connectivity index (χ4v) is 4.76. The summed E-state index contributed by atoms with van der Waals surface area (Å²) in [7, 11) is 0. The molecule has 4 rings (SSSR count). The van der Waals surface area contributed by atoms with Crippen LogP contribution in [0.4, 0.5) is 0 Å².